The van der Waals surface area contributed by atoms with Crippen LogP contribution >= 0.6 is 0 Å². The van der Waals surface area contributed by atoms with Gasteiger partial charge in [-0.2, -0.15) is 0 Å². The average molecular weight is 380 g/mol. The van der Waals surface area contributed by atoms with Crippen LogP contribution in [0.1, 0.15) is 39.1 Å². The molecule has 28 heavy (non-hydrogen) atoms. The number of hydrogen-bond acceptors (Lipinski definition) is 4. The molecule has 146 valence electrons. The van der Waals surface area contributed by atoms with Gasteiger partial charge in [0, 0.05) is 35.6 Å². The minimum atomic E-state index is -0.246. The highest BCUT2D eigenvalue weighted by Gasteiger charge is 2.23. The van der Waals surface area contributed by atoms with Crippen molar-refractivity contribution in [2.45, 2.75) is 25.8 Å². The molecule has 0 unspecified atom stereocenters. The van der Waals surface area contributed by atoms with Crippen molar-refractivity contribution in [2.24, 2.45) is 0 Å². The van der Waals surface area contributed by atoms with Gasteiger partial charge in [0.2, 0.25) is 5.91 Å². The Balaban J connectivity index is 1.59. The number of benzene rings is 2. The third-order valence-corrected chi connectivity index (χ3v) is 4.57. The predicted molar refractivity (Wildman–Crippen MR) is 109 cm³/mol. The molecular formula is C21H24N4O3. The fourth-order valence-corrected chi connectivity index (χ4v) is 2.82. The predicted octanol–water partition coefficient (Wildman–Crippen LogP) is 2.30. The van der Waals surface area contributed by atoms with Gasteiger partial charge in [-0.1, -0.05) is 12.1 Å². The second-order valence-corrected chi connectivity index (χ2v) is 6.79. The Morgan fingerprint density at radius 2 is 1.79 bits per heavy atom. The van der Waals surface area contributed by atoms with E-state index in [1.807, 2.05) is 13.0 Å². The van der Waals surface area contributed by atoms with Gasteiger partial charge in [0.15, 0.2) is 0 Å². The highest BCUT2D eigenvalue weighted by molar-refractivity contribution is 5.99. The molecule has 0 aliphatic heterocycles. The molecule has 0 aromatic heterocycles. The zero-order chi connectivity index (χ0) is 20.1. The summed E-state index contributed by atoms with van der Waals surface area (Å²) >= 11 is 0. The van der Waals surface area contributed by atoms with Gasteiger partial charge in [0.05, 0.1) is 6.54 Å². The van der Waals surface area contributed by atoms with Gasteiger partial charge < -0.3 is 21.3 Å². The summed E-state index contributed by atoms with van der Waals surface area (Å²) in [6.07, 6.45) is 2.04. The van der Waals surface area contributed by atoms with E-state index in [9.17, 15) is 14.4 Å². The first-order chi connectivity index (χ1) is 13.5. The first-order valence-corrected chi connectivity index (χ1v) is 9.24. The van der Waals surface area contributed by atoms with Crippen molar-refractivity contribution in [3.63, 3.8) is 0 Å². The smallest absolute Gasteiger partial charge is 0.251 e. The second kappa shape index (κ2) is 8.56. The molecule has 2 aromatic carbocycles. The minimum Gasteiger partial charge on any atom is -0.376 e. The fraction of sp³-hybridized carbons (Fsp3) is 0.286. The lowest BCUT2D eigenvalue weighted by Crippen LogP contribution is -2.26. The quantitative estimate of drug-likeness (QED) is 0.592. The first kappa shape index (κ1) is 19.4. The van der Waals surface area contributed by atoms with E-state index in [1.165, 1.54) is 0 Å². The molecule has 0 spiro atoms. The van der Waals surface area contributed by atoms with Gasteiger partial charge in [-0.15, -0.1) is 0 Å². The fourth-order valence-electron chi connectivity index (χ4n) is 2.82. The summed E-state index contributed by atoms with van der Waals surface area (Å²) in [5, 5.41) is 11.4. The Bertz CT molecular complexity index is 906. The molecule has 0 radical (unpaired) electrons. The minimum absolute atomic E-state index is 0.0382. The van der Waals surface area contributed by atoms with E-state index in [0.29, 0.717) is 22.5 Å². The molecule has 4 N–H and O–H groups in total. The Morgan fingerprint density at radius 3 is 2.50 bits per heavy atom. The van der Waals surface area contributed by atoms with Crippen LogP contribution in [0.15, 0.2) is 42.5 Å². The molecule has 1 aliphatic rings. The van der Waals surface area contributed by atoms with Crippen molar-refractivity contribution >= 4 is 29.1 Å². The van der Waals surface area contributed by atoms with Crippen molar-refractivity contribution in [1.29, 1.82) is 0 Å². The molecule has 2 aromatic rings. The van der Waals surface area contributed by atoms with E-state index in [-0.39, 0.29) is 30.3 Å². The van der Waals surface area contributed by atoms with Crippen molar-refractivity contribution in [3.8, 4) is 0 Å². The summed E-state index contributed by atoms with van der Waals surface area (Å²) in [5.74, 6) is -0.547. The van der Waals surface area contributed by atoms with Crippen LogP contribution in [0.25, 0.3) is 0 Å². The summed E-state index contributed by atoms with van der Waals surface area (Å²) in [4.78, 5) is 36.3. The Labute approximate surface area is 163 Å². The SMILES string of the molecule is CNC(=O)c1cccc(NCC(=O)Nc2cccc(C(=O)NC3CC3)c2)c1C. The topological polar surface area (TPSA) is 99.3 Å². The molecule has 7 heteroatoms. The number of nitrogens with one attached hydrogen (secondary N) is 4. The largest absolute Gasteiger partial charge is 0.376 e. The molecule has 0 heterocycles. The summed E-state index contributed by atoms with van der Waals surface area (Å²) in [7, 11) is 1.58. The Morgan fingerprint density at radius 1 is 1.04 bits per heavy atom. The standard InChI is InChI=1S/C21H24N4O3/c1-13-17(21(28)22-2)7-4-8-18(13)23-12-19(26)24-16-6-3-5-14(11-16)20(27)25-15-9-10-15/h3-8,11,15,23H,9-10,12H2,1-2H3,(H,22,28)(H,24,26)(H,25,27). The lowest BCUT2D eigenvalue weighted by atomic mass is 10.1. The molecule has 0 saturated heterocycles. The lowest BCUT2D eigenvalue weighted by Gasteiger charge is -2.13. The Hall–Kier alpha value is -3.35. The van der Waals surface area contributed by atoms with Crippen LogP contribution in [-0.4, -0.2) is 37.4 Å². The third-order valence-electron chi connectivity index (χ3n) is 4.57. The van der Waals surface area contributed by atoms with Crippen molar-refractivity contribution < 1.29 is 14.4 Å². The number of amides is 3. The third kappa shape index (κ3) is 4.88. The molecule has 1 saturated carbocycles. The van der Waals surface area contributed by atoms with Gasteiger partial charge >= 0.3 is 0 Å². The molecule has 3 rings (SSSR count). The number of carbonyl (C=O) groups is 3. The van der Waals surface area contributed by atoms with Crippen LogP contribution < -0.4 is 21.3 Å². The number of anilines is 2. The number of rotatable bonds is 7. The maximum absolute atomic E-state index is 12.3. The van der Waals surface area contributed by atoms with Crippen LogP contribution in [0, 0.1) is 6.92 Å². The summed E-state index contributed by atoms with van der Waals surface area (Å²) < 4.78 is 0. The van der Waals surface area contributed by atoms with Crippen molar-refractivity contribution in [1.82, 2.24) is 10.6 Å². The van der Waals surface area contributed by atoms with Gasteiger partial charge in [-0.25, -0.2) is 0 Å². The number of carbonyl (C=O) groups excluding carboxylic acids is 3. The number of hydrogen-bond donors (Lipinski definition) is 4. The Kier molecular flexibility index (Phi) is 5.93. The summed E-state index contributed by atoms with van der Waals surface area (Å²) in [6.45, 7) is 1.86. The van der Waals surface area contributed by atoms with Gasteiger partial charge in [0.1, 0.15) is 0 Å². The van der Waals surface area contributed by atoms with E-state index < -0.39 is 0 Å². The summed E-state index contributed by atoms with van der Waals surface area (Å²) in [5.41, 5.74) is 3.13. The molecular weight excluding hydrogens is 356 g/mol. The van der Waals surface area contributed by atoms with Crippen LogP contribution in [0.5, 0.6) is 0 Å². The molecule has 7 nitrogen and oxygen atoms in total. The van der Waals surface area contributed by atoms with Crippen LogP contribution in [0.3, 0.4) is 0 Å². The molecule has 0 atom stereocenters. The van der Waals surface area contributed by atoms with Gasteiger partial charge in [-0.3, -0.25) is 14.4 Å². The molecule has 3 amide bonds. The van der Waals surface area contributed by atoms with Crippen molar-refractivity contribution in [3.05, 3.63) is 59.2 Å². The maximum Gasteiger partial charge on any atom is 0.251 e. The molecule has 0 bridgehead atoms. The zero-order valence-corrected chi connectivity index (χ0v) is 16.0. The van der Waals surface area contributed by atoms with E-state index in [0.717, 1.165) is 18.4 Å². The van der Waals surface area contributed by atoms with E-state index in [1.54, 1.807) is 43.4 Å². The first-order valence-electron chi connectivity index (χ1n) is 9.24. The highest BCUT2D eigenvalue weighted by Crippen LogP contribution is 2.20. The maximum atomic E-state index is 12.3. The van der Waals surface area contributed by atoms with Crippen molar-refractivity contribution in [2.75, 3.05) is 24.2 Å². The molecule has 1 aliphatic carbocycles. The van der Waals surface area contributed by atoms with Crippen LogP contribution in [0.4, 0.5) is 11.4 Å². The van der Waals surface area contributed by atoms with E-state index in [2.05, 4.69) is 21.3 Å². The molecule has 1 fully saturated rings. The zero-order valence-electron chi connectivity index (χ0n) is 16.0. The second-order valence-electron chi connectivity index (χ2n) is 6.79. The van der Waals surface area contributed by atoms with E-state index >= 15 is 0 Å². The van der Waals surface area contributed by atoms with Gasteiger partial charge in [0.25, 0.3) is 11.8 Å². The lowest BCUT2D eigenvalue weighted by molar-refractivity contribution is -0.114. The normalized spacial score (nSPS) is 12.8. The van der Waals surface area contributed by atoms with Crippen LogP contribution in [0.2, 0.25) is 0 Å². The van der Waals surface area contributed by atoms with Crippen LogP contribution in [-0.2, 0) is 4.79 Å². The van der Waals surface area contributed by atoms with Gasteiger partial charge in [-0.05, 0) is 55.7 Å². The summed E-state index contributed by atoms with van der Waals surface area (Å²) in [6, 6.07) is 12.5. The highest BCUT2D eigenvalue weighted by atomic mass is 16.2. The monoisotopic (exact) mass is 380 g/mol. The average Bonchev–Trinajstić information content (AvgIpc) is 3.50. The van der Waals surface area contributed by atoms with E-state index in [4.69, 9.17) is 0 Å².